The van der Waals surface area contributed by atoms with Crippen LogP contribution in [0.3, 0.4) is 0 Å². The number of amides is 1. The minimum Gasteiger partial charge on any atom is -0.496 e. The Hall–Kier alpha value is -3.21. The molecular weight excluding hydrogens is 306 g/mol. The quantitative estimate of drug-likeness (QED) is 0.796. The largest absolute Gasteiger partial charge is 0.496 e. The van der Waals surface area contributed by atoms with Crippen LogP contribution < -0.4 is 19.5 Å². The standard InChI is InChI=1S/C19H15NO4/c1-22-16-9-7-15(13-4-2-3-5-14(13)16)20-19(21)12-6-8-17-18(10-12)24-11-23-17/h2-10H,11H2,1H3,(H,20,21). The molecule has 0 aromatic heterocycles. The molecule has 5 heteroatoms. The van der Waals surface area contributed by atoms with E-state index in [1.165, 1.54) is 0 Å². The molecule has 0 unspecified atom stereocenters. The molecule has 0 spiro atoms. The maximum atomic E-state index is 12.6. The summed E-state index contributed by atoms with van der Waals surface area (Å²) in [4.78, 5) is 12.6. The molecule has 1 heterocycles. The highest BCUT2D eigenvalue weighted by Crippen LogP contribution is 2.34. The molecular formula is C19H15NO4. The van der Waals surface area contributed by atoms with E-state index in [4.69, 9.17) is 14.2 Å². The van der Waals surface area contributed by atoms with E-state index in [-0.39, 0.29) is 12.7 Å². The number of nitrogens with one attached hydrogen (secondary N) is 1. The number of ether oxygens (including phenoxy) is 3. The Bertz CT molecular complexity index is 936. The van der Waals surface area contributed by atoms with Crippen molar-refractivity contribution in [2.45, 2.75) is 0 Å². The number of hydrogen-bond acceptors (Lipinski definition) is 4. The lowest BCUT2D eigenvalue weighted by Gasteiger charge is -2.12. The maximum Gasteiger partial charge on any atom is 0.255 e. The van der Waals surface area contributed by atoms with Gasteiger partial charge >= 0.3 is 0 Å². The van der Waals surface area contributed by atoms with Crippen molar-refractivity contribution >= 4 is 22.4 Å². The first-order chi connectivity index (χ1) is 11.8. The Kier molecular flexibility index (Phi) is 3.46. The van der Waals surface area contributed by atoms with Crippen molar-refractivity contribution in [1.82, 2.24) is 0 Å². The summed E-state index contributed by atoms with van der Waals surface area (Å²) in [6.07, 6.45) is 0. The number of hydrogen-bond donors (Lipinski definition) is 1. The van der Waals surface area contributed by atoms with E-state index in [1.807, 2.05) is 36.4 Å². The average Bonchev–Trinajstić information content (AvgIpc) is 3.09. The fraction of sp³-hybridized carbons (Fsp3) is 0.105. The van der Waals surface area contributed by atoms with Gasteiger partial charge in [0.15, 0.2) is 11.5 Å². The Labute approximate surface area is 138 Å². The zero-order chi connectivity index (χ0) is 16.5. The summed E-state index contributed by atoms with van der Waals surface area (Å²) >= 11 is 0. The summed E-state index contributed by atoms with van der Waals surface area (Å²) in [7, 11) is 1.63. The highest BCUT2D eigenvalue weighted by Gasteiger charge is 2.17. The van der Waals surface area contributed by atoms with Crippen LogP contribution in [-0.4, -0.2) is 19.8 Å². The predicted molar refractivity (Wildman–Crippen MR) is 91.0 cm³/mol. The van der Waals surface area contributed by atoms with Crippen LogP contribution >= 0.6 is 0 Å². The van der Waals surface area contributed by atoms with Gasteiger partial charge in [-0.15, -0.1) is 0 Å². The van der Waals surface area contributed by atoms with Gasteiger partial charge in [-0.1, -0.05) is 24.3 Å². The van der Waals surface area contributed by atoms with Gasteiger partial charge in [0.05, 0.1) is 7.11 Å². The van der Waals surface area contributed by atoms with E-state index >= 15 is 0 Å². The molecule has 1 aliphatic rings. The first-order valence-electron chi connectivity index (χ1n) is 7.53. The van der Waals surface area contributed by atoms with Gasteiger partial charge in [-0.2, -0.15) is 0 Å². The molecule has 0 saturated heterocycles. The Morgan fingerprint density at radius 2 is 1.79 bits per heavy atom. The number of carbonyl (C=O) groups excluding carboxylic acids is 1. The molecule has 1 amide bonds. The topological polar surface area (TPSA) is 56.8 Å². The van der Waals surface area contributed by atoms with Gasteiger partial charge in [-0.3, -0.25) is 4.79 Å². The van der Waals surface area contributed by atoms with Crippen LogP contribution in [0.25, 0.3) is 10.8 Å². The summed E-state index contributed by atoms with van der Waals surface area (Å²) in [5.74, 6) is 1.80. The molecule has 0 atom stereocenters. The van der Waals surface area contributed by atoms with E-state index in [9.17, 15) is 4.79 Å². The Morgan fingerprint density at radius 3 is 2.62 bits per heavy atom. The van der Waals surface area contributed by atoms with Crippen LogP contribution in [0, 0.1) is 0 Å². The second-order valence-electron chi connectivity index (χ2n) is 5.38. The van der Waals surface area contributed by atoms with Gasteiger partial charge in [0.25, 0.3) is 5.91 Å². The van der Waals surface area contributed by atoms with Crippen molar-refractivity contribution in [3.05, 3.63) is 60.2 Å². The lowest BCUT2D eigenvalue weighted by molar-refractivity contribution is 0.102. The van der Waals surface area contributed by atoms with Gasteiger partial charge in [-0.05, 0) is 30.3 Å². The minimum atomic E-state index is -0.205. The van der Waals surface area contributed by atoms with Crippen molar-refractivity contribution in [3.8, 4) is 17.2 Å². The van der Waals surface area contributed by atoms with Gasteiger partial charge in [0, 0.05) is 22.0 Å². The number of anilines is 1. The second-order valence-corrected chi connectivity index (χ2v) is 5.38. The number of methoxy groups -OCH3 is 1. The molecule has 3 aromatic rings. The molecule has 0 radical (unpaired) electrons. The SMILES string of the molecule is COc1ccc(NC(=O)c2ccc3c(c2)OCO3)c2ccccc12. The number of fused-ring (bicyclic) bond motifs is 2. The molecule has 1 aliphatic heterocycles. The van der Waals surface area contributed by atoms with Crippen LogP contribution in [-0.2, 0) is 0 Å². The number of carbonyl (C=O) groups is 1. The predicted octanol–water partition coefficient (Wildman–Crippen LogP) is 3.83. The van der Waals surface area contributed by atoms with Crippen LogP contribution in [0.5, 0.6) is 17.2 Å². The summed E-state index contributed by atoms with van der Waals surface area (Å²) in [6.45, 7) is 0.184. The van der Waals surface area contributed by atoms with E-state index in [2.05, 4.69) is 5.32 Å². The first-order valence-corrected chi connectivity index (χ1v) is 7.53. The zero-order valence-electron chi connectivity index (χ0n) is 13.0. The van der Waals surface area contributed by atoms with Crippen molar-refractivity contribution in [2.75, 3.05) is 19.2 Å². The van der Waals surface area contributed by atoms with Crippen LogP contribution in [0.2, 0.25) is 0 Å². The van der Waals surface area contributed by atoms with Crippen molar-refractivity contribution in [2.24, 2.45) is 0 Å². The van der Waals surface area contributed by atoms with Gasteiger partial charge in [-0.25, -0.2) is 0 Å². The average molecular weight is 321 g/mol. The van der Waals surface area contributed by atoms with Crippen LogP contribution in [0.1, 0.15) is 10.4 Å². The number of rotatable bonds is 3. The lowest BCUT2D eigenvalue weighted by atomic mass is 10.1. The third-order valence-electron chi connectivity index (χ3n) is 3.99. The third-order valence-corrected chi connectivity index (χ3v) is 3.99. The normalized spacial score (nSPS) is 12.2. The maximum absolute atomic E-state index is 12.6. The van der Waals surface area contributed by atoms with E-state index in [1.54, 1.807) is 25.3 Å². The fourth-order valence-corrected chi connectivity index (χ4v) is 2.79. The molecule has 5 nitrogen and oxygen atoms in total. The lowest BCUT2D eigenvalue weighted by Crippen LogP contribution is -2.12. The summed E-state index contributed by atoms with van der Waals surface area (Å²) in [6, 6.07) is 16.6. The van der Waals surface area contributed by atoms with Gasteiger partial charge < -0.3 is 19.5 Å². The highest BCUT2D eigenvalue weighted by atomic mass is 16.7. The molecule has 0 fully saturated rings. The summed E-state index contributed by atoms with van der Waals surface area (Å²) in [5, 5.41) is 4.82. The fourth-order valence-electron chi connectivity index (χ4n) is 2.79. The molecule has 24 heavy (non-hydrogen) atoms. The summed E-state index contributed by atoms with van der Waals surface area (Å²) in [5.41, 5.74) is 1.24. The molecule has 120 valence electrons. The number of benzene rings is 3. The smallest absolute Gasteiger partial charge is 0.255 e. The van der Waals surface area contributed by atoms with Crippen LogP contribution in [0.15, 0.2) is 54.6 Å². The molecule has 0 aliphatic carbocycles. The zero-order valence-corrected chi connectivity index (χ0v) is 13.0. The van der Waals surface area contributed by atoms with Gasteiger partial charge in [0.2, 0.25) is 6.79 Å². The van der Waals surface area contributed by atoms with E-state index < -0.39 is 0 Å². The van der Waals surface area contributed by atoms with Crippen LogP contribution in [0.4, 0.5) is 5.69 Å². The van der Waals surface area contributed by atoms with E-state index in [0.29, 0.717) is 17.1 Å². The molecule has 4 rings (SSSR count). The Balaban J connectivity index is 1.68. The van der Waals surface area contributed by atoms with Gasteiger partial charge in [0.1, 0.15) is 5.75 Å². The monoisotopic (exact) mass is 321 g/mol. The molecule has 1 N–H and O–H groups in total. The molecule has 0 saturated carbocycles. The first kappa shape index (κ1) is 14.4. The second kappa shape index (κ2) is 5.77. The molecule has 0 bridgehead atoms. The van der Waals surface area contributed by atoms with Crippen molar-refractivity contribution in [3.63, 3.8) is 0 Å². The summed E-state index contributed by atoms with van der Waals surface area (Å²) < 4.78 is 16.0. The van der Waals surface area contributed by atoms with Crippen molar-refractivity contribution in [1.29, 1.82) is 0 Å². The van der Waals surface area contributed by atoms with E-state index in [0.717, 1.165) is 22.2 Å². The highest BCUT2D eigenvalue weighted by molar-refractivity contribution is 6.10. The molecule has 3 aromatic carbocycles. The third kappa shape index (κ3) is 2.40. The minimum absolute atomic E-state index is 0.184. The Morgan fingerprint density at radius 1 is 1.00 bits per heavy atom. The van der Waals surface area contributed by atoms with Crippen molar-refractivity contribution < 1.29 is 19.0 Å².